The van der Waals surface area contributed by atoms with Gasteiger partial charge in [-0.25, -0.2) is 0 Å². The molecule has 1 heterocycles. The van der Waals surface area contributed by atoms with Gasteiger partial charge in [-0.3, -0.25) is 0 Å². The minimum atomic E-state index is 0.207. The second-order valence-corrected chi connectivity index (χ2v) is 8.76. The Hall–Kier alpha value is -1.44. The zero-order chi connectivity index (χ0) is 14.9. The van der Waals surface area contributed by atoms with E-state index in [0.29, 0.717) is 21.0 Å². The molecule has 110 valence electrons. The number of ether oxygens (including phenoxy) is 1. The summed E-state index contributed by atoms with van der Waals surface area (Å²) in [5.41, 5.74) is 1.43. The molecule has 2 aliphatic rings. The van der Waals surface area contributed by atoms with Crippen LogP contribution < -0.4 is 9.78 Å². The van der Waals surface area contributed by atoms with E-state index in [0.717, 1.165) is 12.5 Å². The van der Waals surface area contributed by atoms with E-state index in [1.54, 1.807) is 0 Å². The first-order valence-corrected chi connectivity index (χ1v) is 9.00. The number of hydrogen-bond donors (Lipinski definition) is 1. The van der Waals surface area contributed by atoms with E-state index in [-0.39, 0.29) is 5.41 Å². The number of benzene rings is 1. The molecular formula is C18H21NOSe. The van der Waals surface area contributed by atoms with Crippen molar-refractivity contribution in [3.8, 4) is 0 Å². The fourth-order valence-electron chi connectivity index (χ4n) is 2.33. The standard InChI is InChI=1S/C18H21NOSe/c1-18(2,3)16-12-20-17(19-16)14-10-7-11-15(14)21-13-8-5-4-6-9-13/h4-11,16,19H,12H2,1-3H3/b17-14+/t16-/m1/s1. The molecule has 0 radical (unpaired) electrons. The molecule has 0 unspecified atom stereocenters. The first-order chi connectivity index (χ1) is 10.0. The van der Waals surface area contributed by atoms with Gasteiger partial charge in [-0.2, -0.15) is 0 Å². The van der Waals surface area contributed by atoms with Gasteiger partial charge in [-0.1, -0.05) is 0 Å². The van der Waals surface area contributed by atoms with Gasteiger partial charge in [-0.05, 0) is 0 Å². The summed E-state index contributed by atoms with van der Waals surface area (Å²) in [6.45, 7) is 7.49. The van der Waals surface area contributed by atoms with Crippen LogP contribution in [0.3, 0.4) is 0 Å². The molecule has 1 aromatic rings. The molecule has 2 nitrogen and oxygen atoms in total. The van der Waals surface area contributed by atoms with Crippen LogP contribution in [0.1, 0.15) is 20.8 Å². The molecule has 3 heteroatoms. The minimum absolute atomic E-state index is 0.207. The van der Waals surface area contributed by atoms with E-state index in [4.69, 9.17) is 4.74 Å². The molecule has 1 fully saturated rings. The van der Waals surface area contributed by atoms with Crippen molar-refractivity contribution in [2.75, 3.05) is 6.61 Å². The van der Waals surface area contributed by atoms with Crippen LogP contribution in [-0.4, -0.2) is 27.6 Å². The van der Waals surface area contributed by atoms with Crippen molar-refractivity contribution < 1.29 is 4.74 Å². The summed E-state index contributed by atoms with van der Waals surface area (Å²) >= 11 is 0.317. The van der Waals surface area contributed by atoms with Crippen LogP contribution >= 0.6 is 0 Å². The third-order valence-electron chi connectivity index (χ3n) is 3.74. The molecule has 1 aliphatic heterocycles. The molecule has 0 aromatic heterocycles. The summed E-state index contributed by atoms with van der Waals surface area (Å²) in [6, 6.07) is 11.0. The Morgan fingerprint density at radius 1 is 1.19 bits per heavy atom. The van der Waals surface area contributed by atoms with E-state index >= 15 is 0 Å². The van der Waals surface area contributed by atoms with Gasteiger partial charge < -0.3 is 0 Å². The molecule has 1 aromatic carbocycles. The van der Waals surface area contributed by atoms with Gasteiger partial charge >= 0.3 is 133 Å². The summed E-state index contributed by atoms with van der Waals surface area (Å²) in [7, 11) is 0. The van der Waals surface area contributed by atoms with Crippen molar-refractivity contribution in [2.24, 2.45) is 5.41 Å². The van der Waals surface area contributed by atoms with Gasteiger partial charge in [0.05, 0.1) is 0 Å². The average molecular weight is 346 g/mol. The predicted molar refractivity (Wildman–Crippen MR) is 88.4 cm³/mol. The normalized spacial score (nSPS) is 24.7. The van der Waals surface area contributed by atoms with Crippen molar-refractivity contribution in [3.63, 3.8) is 0 Å². The Morgan fingerprint density at radius 2 is 1.95 bits per heavy atom. The summed E-state index contributed by atoms with van der Waals surface area (Å²) in [6.07, 6.45) is 6.50. The molecule has 0 spiro atoms. The average Bonchev–Trinajstić information content (AvgIpc) is 3.07. The van der Waals surface area contributed by atoms with Crippen LogP contribution in [0.5, 0.6) is 0 Å². The fourth-order valence-corrected chi connectivity index (χ4v) is 4.35. The topological polar surface area (TPSA) is 21.3 Å². The third-order valence-corrected chi connectivity index (χ3v) is 6.01. The van der Waals surface area contributed by atoms with Gasteiger partial charge in [0.25, 0.3) is 0 Å². The molecule has 0 saturated carbocycles. The number of hydrogen-bond acceptors (Lipinski definition) is 2. The molecule has 1 saturated heterocycles. The van der Waals surface area contributed by atoms with Crippen LogP contribution in [0.2, 0.25) is 0 Å². The van der Waals surface area contributed by atoms with Crippen molar-refractivity contribution >= 4 is 19.4 Å². The van der Waals surface area contributed by atoms with Crippen molar-refractivity contribution in [3.05, 3.63) is 64.5 Å². The van der Waals surface area contributed by atoms with Gasteiger partial charge in [0, 0.05) is 0 Å². The van der Waals surface area contributed by atoms with E-state index in [2.05, 4.69) is 74.6 Å². The zero-order valence-electron chi connectivity index (χ0n) is 12.7. The van der Waals surface area contributed by atoms with Crippen molar-refractivity contribution in [2.45, 2.75) is 26.8 Å². The summed E-state index contributed by atoms with van der Waals surface area (Å²) in [5.74, 6) is 0.952. The van der Waals surface area contributed by atoms with E-state index < -0.39 is 0 Å². The Bertz CT molecular complexity index is 608. The van der Waals surface area contributed by atoms with Crippen molar-refractivity contribution in [1.29, 1.82) is 0 Å². The zero-order valence-corrected chi connectivity index (χ0v) is 14.4. The Balaban J connectivity index is 1.78. The maximum absolute atomic E-state index is 5.93. The molecule has 0 amide bonds. The van der Waals surface area contributed by atoms with E-state index in [1.807, 2.05) is 0 Å². The molecular weight excluding hydrogens is 325 g/mol. The summed E-state index contributed by atoms with van der Waals surface area (Å²) < 4.78 is 8.70. The fraction of sp³-hybridized carbons (Fsp3) is 0.333. The third kappa shape index (κ3) is 3.25. The predicted octanol–water partition coefficient (Wildman–Crippen LogP) is 2.72. The van der Waals surface area contributed by atoms with Crippen molar-refractivity contribution in [1.82, 2.24) is 5.32 Å². The second kappa shape index (κ2) is 5.75. The van der Waals surface area contributed by atoms with Crippen LogP contribution in [0.4, 0.5) is 0 Å². The molecule has 3 rings (SSSR count). The van der Waals surface area contributed by atoms with Crippen LogP contribution in [-0.2, 0) is 4.74 Å². The molecule has 1 aliphatic carbocycles. The van der Waals surface area contributed by atoms with E-state index in [9.17, 15) is 0 Å². The van der Waals surface area contributed by atoms with E-state index in [1.165, 1.54) is 14.5 Å². The quantitative estimate of drug-likeness (QED) is 0.832. The van der Waals surface area contributed by atoms with Gasteiger partial charge in [0.2, 0.25) is 0 Å². The molecule has 1 atom stereocenters. The van der Waals surface area contributed by atoms with Gasteiger partial charge in [0.15, 0.2) is 0 Å². The number of allylic oxidation sites excluding steroid dienone is 5. The second-order valence-electron chi connectivity index (χ2n) is 6.42. The monoisotopic (exact) mass is 347 g/mol. The molecule has 0 bridgehead atoms. The SMILES string of the molecule is CC(C)(C)[C@H]1CO/C(=C2\C=CC=C2[Se]c2ccccc2)N1. The maximum atomic E-state index is 5.93. The summed E-state index contributed by atoms with van der Waals surface area (Å²) in [5, 5.41) is 3.56. The van der Waals surface area contributed by atoms with Gasteiger partial charge in [0.1, 0.15) is 0 Å². The molecule has 1 N–H and O–H groups in total. The van der Waals surface area contributed by atoms with Crippen LogP contribution in [0.25, 0.3) is 0 Å². The Labute approximate surface area is 133 Å². The van der Waals surface area contributed by atoms with Gasteiger partial charge in [-0.15, -0.1) is 0 Å². The number of rotatable bonds is 2. The number of nitrogens with one attached hydrogen (secondary N) is 1. The van der Waals surface area contributed by atoms with Crippen LogP contribution in [0.15, 0.2) is 64.5 Å². The summed E-state index contributed by atoms with van der Waals surface area (Å²) in [4.78, 5) is 0. The first kappa shape index (κ1) is 14.5. The molecule has 21 heavy (non-hydrogen) atoms. The Morgan fingerprint density at radius 3 is 2.62 bits per heavy atom. The Kier molecular flexibility index (Phi) is 3.97. The van der Waals surface area contributed by atoms with Crippen LogP contribution in [0, 0.1) is 5.41 Å². The first-order valence-electron chi connectivity index (χ1n) is 7.29.